The average molecular weight is 250 g/mol. The van der Waals surface area contributed by atoms with Crippen molar-refractivity contribution in [2.45, 2.75) is 13.0 Å². The van der Waals surface area contributed by atoms with Gasteiger partial charge in [0.25, 0.3) is 0 Å². The van der Waals surface area contributed by atoms with Crippen molar-refractivity contribution in [3.05, 3.63) is 27.5 Å². The Morgan fingerprint density at radius 3 is 2.75 bits per heavy atom. The molecule has 0 aromatic carbocycles. The molecule has 0 amide bonds. The summed E-state index contributed by atoms with van der Waals surface area (Å²) >= 11 is 9.17. The molecule has 0 saturated carbocycles. The molecule has 1 N–H and O–H groups in total. The molecule has 0 aliphatic rings. The van der Waals surface area contributed by atoms with E-state index in [1.807, 2.05) is 26.1 Å². The summed E-state index contributed by atoms with van der Waals surface area (Å²) < 4.78 is 0.763. The molecule has 0 radical (unpaired) electrons. The minimum atomic E-state index is 0.234. The van der Waals surface area contributed by atoms with Gasteiger partial charge in [0.05, 0.1) is 0 Å². The van der Waals surface area contributed by atoms with Crippen LogP contribution < -0.4 is 5.32 Å². The summed E-state index contributed by atoms with van der Waals surface area (Å²) in [6.45, 7) is 2.04. The van der Waals surface area contributed by atoms with E-state index in [1.165, 1.54) is 0 Å². The van der Waals surface area contributed by atoms with Gasteiger partial charge in [-0.25, -0.2) is 4.98 Å². The van der Waals surface area contributed by atoms with Crippen molar-refractivity contribution in [3.63, 3.8) is 0 Å². The van der Waals surface area contributed by atoms with E-state index in [9.17, 15) is 0 Å². The molecule has 66 valence electrons. The Labute approximate surface area is 85.5 Å². The van der Waals surface area contributed by atoms with Crippen LogP contribution in [0.15, 0.2) is 16.7 Å². The Balaban J connectivity index is 3.01. The topological polar surface area (TPSA) is 24.9 Å². The Bertz CT molecular complexity index is 278. The van der Waals surface area contributed by atoms with E-state index in [0.29, 0.717) is 5.15 Å². The lowest BCUT2D eigenvalue weighted by molar-refractivity contribution is 0.649. The van der Waals surface area contributed by atoms with E-state index in [4.69, 9.17) is 11.6 Å². The zero-order valence-electron chi connectivity index (χ0n) is 6.94. The Morgan fingerprint density at radius 1 is 1.58 bits per heavy atom. The third-order valence-corrected chi connectivity index (χ3v) is 2.49. The summed E-state index contributed by atoms with van der Waals surface area (Å²) in [5.41, 5.74) is 1.02. The zero-order valence-corrected chi connectivity index (χ0v) is 9.28. The Morgan fingerprint density at radius 2 is 2.25 bits per heavy atom. The van der Waals surface area contributed by atoms with Gasteiger partial charge in [-0.15, -0.1) is 0 Å². The van der Waals surface area contributed by atoms with Gasteiger partial charge in [0.2, 0.25) is 0 Å². The van der Waals surface area contributed by atoms with Crippen LogP contribution in [-0.4, -0.2) is 12.0 Å². The molecular weight excluding hydrogens is 239 g/mol. The number of aromatic nitrogens is 1. The maximum Gasteiger partial charge on any atom is 0.135 e. The second-order valence-corrected chi connectivity index (χ2v) is 3.69. The van der Waals surface area contributed by atoms with Gasteiger partial charge in [0.1, 0.15) is 9.76 Å². The quantitative estimate of drug-likeness (QED) is 0.815. The lowest BCUT2D eigenvalue weighted by Crippen LogP contribution is -2.13. The predicted octanol–water partition coefficient (Wildman–Crippen LogP) is 2.78. The minimum Gasteiger partial charge on any atom is -0.313 e. The van der Waals surface area contributed by atoms with E-state index in [0.717, 1.165) is 10.2 Å². The fraction of sp³-hybridized carbons (Fsp3) is 0.375. The van der Waals surface area contributed by atoms with Gasteiger partial charge in [-0.05, 0) is 36.0 Å². The maximum atomic E-state index is 5.92. The molecule has 0 fully saturated rings. The first-order valence-corrected chi connectivity index (χ1v) is 4.81. The van der Waals surface area contributed by atoms with Crippen LogP contribution in [0.25, 0.3) is 0 Å². The van der Waals surface area contributed by atoms with E-state index in [-0.39, 0.29) is 6.04 Å². The van der Waals surface area contributed by atoms with Gasteiger partial charge < -0.3 is 5.32 Å². The monoisotopic (exact) mass is 248 g/mol. The van der Waals surface area contributed by atoms with E-state index in [2.05, 4.69) is 26.2 Å². The number of nitrogens with one attached hydrogen (secondary N) is 1. The summed E-state index contributed by atoms with van der Waals surface area (Å²) in [5, 5.41) is 3.65. The van der Waals surface area contributed by atoms with E-state index < -0.39 is 0 Å². The van der Waals surface area contributed by atoms with Crippen molar-refractivity contribution in [2.75, 3.05) is 7.05 Å². The molecule has 2 nitrogen and oxygen atoms in total. The predicted molar refractivity (Wildman–Crippen MR) is 54.4 cm³/mol. The van der Waals surface area contributed by atoms with Crippen LogP contribution in [0, 0.1) is 0 Å². The van der Waals surface area contributed by atoms with Crippen LogP contribution in [0.4, 0.5) is 0 Å². The molecule has 1 aromatic rings. The highest BCUT2D eigenvalue weighted by Crippen LogP contribution is 2.22. The lowest BCUT2D eigenvalue weighted by atomic mass is 10.1. The SMILES string of the molecule is CNC(C)c1ccc(Br)nc1Cl. The number of hydrogen-bond acceptors (Lipinski definition) is 2. The molecule has 12 heavy (non-hydrogen) atoms. The third-order valence-electron chi connectivity index (χ3n) is 1.74. The third kappa shape index (κ3) is 2.19. The molecule has 1 atom stereocenters. The summed E-state index contributed by atoms with van der Waals surface area (Å²) in [6.07, 6.45) is 0. The second kappa shape index (κ2) is 4.21. The van der Waals surface area contributed by atoms with Crippen LogP contribution in [0.3, 0.4) is 0 Å². The number of hydrogen-bond donors (Lipinski definition) is 1. The summed E-state index contributed by atoms with van der Waals surface area (Å²) in [6, 6.07) is 4.08. The summed E-state index contributed by atoms with van der Waals surface area (Å²) in [4.78, 5) is 4.08. The Hall–Kier alpha value is -0.120. The van der Waals surface area contributed by atoms with Crippen molar-refractivity contribution < 1.29 is 0 Å². The second-order valence-electron chi connectivity index (χ2n) is 2.52. The molecule has 1 rings (SSSR count). The van der Waals surface area contributed by atoms with Crippen LogP contribution in [0.1, 0.15) is 18.5 Å². The number of nitrogens with zero attached hydrogens (tertiary/aromatic N) is 1. The average Bonchev–Trinajstić information content (AvgIpc) is 2.03. The molecule has 1 unspecified atom stereocenters. The molecule has 0 saturated heterocycles. The van der Waals surface area contributed by atoms with Crippen LogP contribution in [-0.2, 0) is 0 Å². The molecule has 1 heterocycles. The van der Waals surface area contributed by atoms with Crippen molar-refractivity contribution >= 4 is 27.5 Å². The van der Waals surface area contributed by atoms with Crippen molar-refractivity contribution in [1.29, 1.82) is 0 Å². The molecule has 4 heteroatoms. The van der Waals surface area contributed by atoms with E-state index in [1.54, 1.807) is 0 Å². The smallest absolute Gasteiger partial charge is 0.135 e. The first-order chi connectivity index (χ1) is 5.65. The summed E-state index contributed by atoms with van der Waals surface area (Å²) in [5.74, 6) is 0. The van der Waals surface area contributed by atoms with Gasteiger partial charge in [-0.2, -0.15) is 0 Å². The molecule has 0 spiro atoms. The number of pyridine rings is 1. The number of rotatable bonds is 2. The minimum absolute atomic E-state index is 0.234. The largest absolute Gasteiger partial charge is 0.313 e. The van der Waals surface area contributed by atoms with Crippen LogP contribution in [0.2, 0.25) is 5.15 Å². The van der Waals surface area contributed by atoms with Gasteiger partial charge in [0, 0.05) is 11.6 Å². The fourth-order valence-electron chi connectivity index (χ4n) is 0.901. The normalized spacial score (nSPS) is 13.0. The summed E-state index contributed by atoms with van der Waals surface area (Å²) in [7, 11) is 1.89. The fourth-order valence-corrected chi connectivity index (χ4v) is 1.63. The van der Waals surface area contributed by atoms with E-state index >= 15 is 0 Å². The first-order valence-electron chi connectivity index (χ1n) is 3.64. The van der Waals surface area contributed by atoms with Crippen molar-refractivity contribution in [3.8, 4) is 0 Å². The first kappa shape index (κ1) is 9.96. The highest BCUT2D eigenvalue weighted by molar-refractivity contribution is 9.10. The molecule has 0 bridgehead atoms. The zero-order chi connectivity index (χ0) is 9.14. The van der Waals surface area contributed by atoms with Gasteiger partial charge in [-0.1, -0.05) is 17.7 Å². The van der Waals surface area contributed by atoms with Crippen LogP contribution in [0.5, 0.6) is 0 Å². The molecular formula is C8H10BrClN2. The lowest BCUT2D eigenvalue weighted by Gasteiger charge is -2.11. The molecule has 1 aromatic heterocycles. The van der Waals surface area contributed by atoms with Gasteiger partial charge in [-0.3, -0.25) is 0 Å². The Kier molecular flexibility index (Phi) is 3.50. The maximum absolute atomic E-state index is 5.92. The van der Waals surface area contributed by atoms with Crippen molar-refractivity contribution in [2.24, 2.45) is 0 Å². The van der Waals surface area contributed by atoms with Crippen molar-refractivity contribution in [1.82, 2.24) is 10.3 Å². The molecule has 0 aliphatic carbocycles. The standard InChI is InChI=1S/C8H10BrClN2/c1-5(11-2)6-3-4-7(9)12-8(6)10/h3-5,11H,1-2H3. The molecule has 0 aliphatic heterocycles. The van der Waals surface area contributed by atoms with Crippen LogP contribution >= 0.6 is 27.5 Å². The van der Waals surface area contributed by atoms with Gasteiger partial charge in [0.15, 0.2) is 0 Å². The highest BCUT2D eigenvalue weighted by atomic mass is 79.9. The highest BCUT2D eigenvalue weighted by Gasteiger charge is 2.07. The number of halogens is 2. The van der Waals surface area contributed by atoms with Gasteiger partial charge >= 0.3 is 0 Å².